The minimum Gasteiger partial charge on any atom is -0.497 e. The molecule has 1 aromatic carbocycles. The zero-order valence-corrected chi connectivity index (χ0v) is 10.4. The number of fused-ring (bicyclic) bond motifs is 1. The van der Waals surface area contributed by atoms with Gasteiger partial charge in [-0.2, -0.15) is 5.26 Å². The molecule has 5 nitrogen and oxygen atoms in total. The third-order valence-corrected chi connectivity index (χ3v) is 2.39. The first kappa shape index (κ1) is 12.8. The van der Waals surface area contributed by atoms with Crippen LogP contribution in [0.15, 0.2) is 18.2 Å². The number of hydrogen-bond donors (Lipinski definition) is 1. The summed E-state index contributed by atoms with van der Waals surface area (Å²) in [6.45, 7) is 4.00. The van der Waals surface area contributed by atoms with Crippen molar-refractivity contribution in [1.82, 2.24) is 4.85 Å². The van der Waals surface area contributed by atoms with Crippen LogP contribution in [0.1, 0.15) is 19.5 Å². The molecule has 0 aliphatic carbocycles. The van der Waals surface area contributed by atoms with E-state index in [4.69, 9.17) is 10.00 Å². The van der Waals surface area contributed by atoms with E-state index in [1.807, 2.05) is 19.9 Å². The van der Waals surface area contributed by atoms with E-state index in [9.17, 15) is 5.21 Å². The lowest BCUT2D eigenvalue weighted by Crippen LogP contribution is -2.40. The largest absolute Gasteiger partial charge is 0.497 e. The van der Waals surface area contributed by atoms with Crippen LogP contribution in [0.4, 0.5) is 0 Å². The number of hydrogen-bond acceptors (Lipinski definition) is 3. The van der Waals surface area contributed by atoms with E-state index in [1.54, 1.807) is 32.4 Å². The molecule has 0 saturated carbocycles. The van der Waals surface area contributed by atoms with E-state index >= 15 is 0 Å². The van der Waals surface area contributed by atoms with Crippen LogP contribution in [0, 0.1) is 11.3 Å². The molecule has 0 bridgehead atoms. The minimum atomic E-state index is 0.395. The number of rotatable bonds is 1. The Labute approximate surface area is 100 Å². The molecule has 0 aliphatic rings. The van der Waals surface area contributed by atoms with Gasteiger partial charge >= 0.3 is 5.69 Å². The lowest BCUT2D eigenvalue weighted by Gasteiger charge is -1.96. The zero-order valence-electron chi connectivity index (χ0n) is 10.4. The standard InChI is InChI=1S/C10H10N3O2.C2H6/c1-12-10(6-11)8-5-7(15-2)3-4-9(8)13(12)14;1-2/h3-5,14H,1-2H3;1-2H3/q+1;. The Morgan fingerprint density at radius 2 is 2.06 bits per heavy atom. The van der Waals surface area contributed by atoms with E-state index in [2.05, 4.69) is 0 Å². The number of aromatic nitrogens is 2. The normalized spacial score (nSPS) is 9.35. The van der Waals surface area contributed by atoms with E-state index < -0.39 is 0 Å². The summed E-state index contributed by atoms with van der Waals surface area (Å²) in [6.07, 6.45) is 0. The summed E-state index contributed by atoms with van der Waals surface area (Å²) in [7, 11) is 3.17. The van der Waals surface area contributed by atoms with Crippen molar-refractivity contribution in [2.75, 3.05) is 7.11 Å². The van der Waals surface area contributed by atoms with Crippen molar-refractivity contribution in [1.29, 1.82) is 5.26 Å². The number of nitriles is 1. The molecule has 0 atom stereocenters. The van der Waals surface area contributed by atoms with Crippen molar-refractivity contribution in [2.45, 2.75) is 13.8 Å². The van der Waals surface area contributed by atoms with Gasteiger partial charge in [0.15, 0.2) is 18.6 Å². The molecular formula is C12H16N3O2+. The summed E-state index contributed by atoms with van der Waals surface area (Å²) in [5.74, 6) is 0.658. The molecular weight excluding hydrogens is 218 g/mol. The molecule has 90 valence electrons. The Morgan fingerprint density at radius 3 is 2.59 bits per heavy atom. The van der Waals surface area contributed by atoms with Gasteiger partial charge in [-0.15, -0.1) is 0 Å². The lowest BCUT2D eigenvalue weighted by atomic mass is 10.2. The molecule has 0 saturated heterocycles. The molecule has 0 unspecified atom stereocenters. The molecule has 1 heterocycles. The van der Waals surface area contributed by atoms with Gasteiger partial charge in [-0.25, -0.2) is 0 Å². The van der Waals surface area contributed by atoms with Crippen molar-refractivity contribution >= 4 is 10.9 Å². The number of benzene rings is 1. The van der Waals surface area contributed by atoms with Crippen LogP contribution in [0.2, 0.25) is 0 Å². The Balaban J connectivity index is 0.000000686. The predicted octanol–water partition coefficient (Wildman–Crippen LogP) is 1.61. The van der Waals surface area contributed by atoms with Crippen LogP contribution in [0.5, 0.6) is 5.75 Å². The molecule has 0 aliphatic heterocycles. The Hall–Kier alpha value is -2.22. The fourth-order valence-electron chi connectivity index (χ4n) is 1.57. The highest BCUT2D eigenvalue weighted by Crippen LogP contribution is 2.21. The summed E-state index contributed by atoms with van der Waals surface area (Å²) in [4.78, 5) is 0.938. The maximum Gasteiger partial charge on any atom is 0.319 e. The van der Waals surface area contributed by atoms with Gasteiger partial charge in [0, 0.05) is 4.85 Å². The maximum atomic E-state index is 9.66. The van der Waals surface area contributed by atoms with Crippen molar-refractivity contribution in [2.24, 2.45) is 7.05 Å². The fraction of sp³-hybridized carbons (Fsp3) is 0.333. The highest BCUT2D eigenvalue weighted by Gasteiger charge is 2.21. The van der Waals surface area contributed by atoms with Gasteiger partial charge < -0.3 is 9.94 Å². The van der Waals surface area contributed by atoms with Gasteiger partial charge in [0.1, 0.15) is 5.75 Å². The average Bonchev–Trinajstić information content (AvgIpc) is 2.63. The molecule has 0 spiro atoms. The maximum absolute atomic E-state index is 9.66. The fourth-order valence-corrected chi connectivity index (χ4v) is 1.57. The first-order valence-corrected chi connectivity index (χ1v) is 5.37. The molecule has 5 heteroatoms. The lowest BCUT2D eigenvalue weighted by molar-refractivity contribution is -0.779. The molecule has 0 radical (unpaired) electrons. The number of nitrogens with zero attached hydrogens (tertiary/aromatic N) is 3. The van der Waals surface area contributed by atoms with E-state index in [0.717, 1.165) is 4.85 Å². The Kier molecular flexibility index (Phi) is 3.94. The third-order valence-electron chi connectivity index (χ3n) is 2.39. The number of methoxy groups -OCH3 is 1. The summed E-state index contributed by atoms with van der Waals surface area (Å²) in [5.41, 5.74) is 0.973. The predicted molar refractivity (Wildman–Crippen MR) is 62.9 cm³/mol. The molecule has 1 N–H and O–H groups in total. The Morgan fingerprint density at radius 1 is 1.41 bits per heavy atom. The van der Waals surface area contributed by atoms with Gasteiger partial charge in [0.05, 0.1) is 12.5 Å². The van der Waals surface area contributed by atoms with Crippen LogP contribution < -0.4 is 9.42 Å². The van der Waals surface area contributed by atoms with E-state index in [0.29, 0.717) is 22.3 Å². The van der Waals surface area contributed by atoms with Gasteiger partial charge in [-0.05, 0) is 18.2 Å². The summed E-state index contributed by atoms with van der Waals surface area (Å²) in [5, 5.41) is 19.3. The second-order valence-electron chi connectivity index (χ2n) is 3.16. The number of ether oxygens (including phenoxy) is 1. The second kappa shape index (κ2) is 5.21. The van der Waals surface area contributed by atoms with Crippen LogP contribution in [0.25, 0.3) is 10.9 Å². The van der Waals surface area contributed by atoms with Crippen LogP contribution in [-0.2, 0) is 7.05 Å². The quantitative estimate of drug-likeness (QED) is 0.602. The zero-order chi connectivity index (χ0) is 13.0. The third kappa shape index (κ3) is 2.02. The van der Waals surface area contributed by atoms with Gasteiger partial charge in [0.25, 0.3) is 0 Å². The van der Waals surface area contributed by atoms with Crippen molar-refractivity contribution in [3.63, 3.8) is 0 Å². The average molecular weight is 234 g/mol. The molecule has 0 amide bonds. The van der Waals surface area contributed by atoms with Crippen molar-refractivity contribution in [3.8, 4) is 11.8 Å². The molecule has 2 rings (SSSR count). The van der Waals surface area contributed by atoms with Gasteiger partial charge in [-0.3, -0.25) is 0 Å². The topological polar surface area (TPSA) is 62.1 Å². The Bertz CT molecular complexity index is 567. The highest BCUT2D eigenvalue weighted by atomic mass is 16.5. The first-order chi connectivity index (χ1) is 8.19. The molecule has 17 heavy (non-hydrogen) atoms. The summed E-state index contributed by atoms with van der Waals surface area (Å²) < 4.78 is 6.44. The van der Waals surface area contributed by atoms with Gasteiger partial charge in [0.2, 0.25) is 0 Å². The van der Waals surface area contributed by atoms with Crippen LogP contribution in [-0.4, -0.2) is 17.2 Å². The van der Waals surface area contributed by atoms with E-state index in [1.165, 1.54) is 4.68 Å². The molecule has 0 fully saturated rings. The summed E-state index contributed by atoms with van der Waals surface area (Å²) in [6, 6.07) is 7.20. The minimum absolute atomic E-state index is 0.395. The molecule has 1 aromatic heterocycles. The van der Waals surface area contributed by atoms with Crippen LogP contribution >= 0.6 is 0 Å². The van der Waals surface area contributed by atoms with E-state index in [-0.39, 0.29) is 0 Å². The van der Waals surface area contributed by atoms with Crippen LogP contribution in [0.3, 0.4) is 0 Å². The summed E-state index contributed by atoms with van der Waals surface area (Å²) >= 11 is 0. The van der Waals surface area contributed by atoms with Crippen molar-refractivity contribution < 1.29 is 14.6 Å². The highest BCUT2D eigenvalue weighted by molar-refractivity contribution is 5.83. The smallest absolute Gasteiger partial charge is 0.319 e. The second-order valence-corrected chi connectivity index (χ2v) is 3.16. The first-order valence-electron chi connectivity index (χ1n) is 5.37. The van der Waals surface area contributed by atoms with Crippen molar-refractivity contribution in [3.05, 3.63) is 23.9 Å². The SMILES string of the molecule is CC.COc1ccc2c(c1)c(C#N)[n+](C)n2O. The van der Waals surface area contributed by atoms with Gasteiger partial charge in [-0.1, -0.05) is 18.5 Å². The monoisotopic (exact) mass is 234 g/mol. The molecule has 2 aromatic rings.